The molecule has 0 spiro atoms. The van der Waals surface area contributed by atoms with E-state index >= 15 is 0 Å². The van der Waals surface area contributed by atoms with Gasteiger partial charge in [0.25, 0.3) is 10.0 Å². The van der Waals surface area contributed by atoms with Crippen LogP contribution in [0.3, 0.4) is 0 Å². The van der Waals surface area contributed by atoms with Crippen molar-refractivity contribution in [3.63, 3.8) is 0 Å². The molecule has 0 amide bonds. The van der Waals surface area contributed by atoms with E-state index in [9.17, 15) is 8.42 Å². The van der Waals surface area contributed by atoms with Crippen molar-refractivity contribution in [2.24, 2.45) is 0 Å². The zero-order valence-electron chi connectivity index (χ0n) is 9.74. The van der Waals surface area contributed by atoms with E-state index in [1.54, 1.807) is 24.5 Å². The fourth-order valence-electron chi connectivity index (χ4n) is 1.79. The van der Waals surface area contributed by atoms with Gasteiger partial charge in [-0.15, -0.1) is 0 Å². The zero-order chi connectivity index (χ0) is 13.3. The van der Waals surface area contributed by atoms with Crippen molar-refractivity contribution in [1.29, 1.82) is 0 Å². The molecule has 0 radical (unpaired) electrons. The Labute approximate surface area is 109 Å². The minimum Gasteiger partial charge on any atom is -0.278 e. The largest absolute Gasteiger partial charge is 0.278 e. The second kappa shape index (κ2) is 4.36. The average molecular weight is 274 g/mol. The number of benzene rings is 1. The van der Waals surface area contributed by atoms with E-state index < -0.39 is 10.0 Å². The van der Waals surface area contributed by atoms with E-state index in [1.165, 1.54) is 12.3 Å². The van der Waals surface area contributed by atoms with Gasteiger partial charge in [0.15, 0.2) is 5.03 Å². The summed E-state index contributed by atoms with van der Waals surface area (Å²) in [6.45, 7) is 0. The highest BCUT2D eigenvalue weighted by molar-refractivity contribution is 7.92. The SMILES string of the molecule is O=S(=O)(Nc1cccc2ccncc12)c1ccn[nH]1. The minimum atomic E-state index is -3.66. The first-order valence-electron chi connectivity index (χ1n) is 5.52. The van der Waals surface area contributed by atoms with Crippen molar-refractivity contribution < 1.29 is 8.42 Å². The van der Waals surface area contributed by atoms with Crippen LogP contribution in [0.2, 0.25) is 0 Å². The van der Waals surface area contributed by atoms with Gasteiger partial charge in [-0.05, 0) is 23.6 Å². The number of fused-ring (bicyclic) bond motifs is 1. The molecule has 2 aromatic heterocycles. The van der Waals surface area contributed by atoms with Crippen LogP contribution in [0.4, 0.5) is 5.69 Å². The first kappa shape index (κ1) is 11.7. The smallest absolute Gasteiger partial charge is 0.278 e. The van der Waals surface area contributed by atoms with Crippen LogP contribution in [0.5, 0.6) is 0 Å². The molecule has 0 bridgehead atoms. The van der Waals surface area contributed by atoms with E-state index in [1.807, 2.05) is 12.1 Å². The fraction of sp³-hybridized carbons (Fsp3) is 0. The summed E-state index contributed by atoms with van der Waals surface area (Å²) in [5.41, 5.74) is 0.486. The highest BCUT2D eigenvalue weighted by Gasteiger charge is 2.16. The maximum Gasteiger partial charge on any atom is 0.278 e. The molecular weight excluding hydrogens is 264 g/mol. The van der Waals surface area contributed by atoms with E-state index in [-0.39, 0.29) is 5.03 Å². The lowest BCUT2D eigenvalue weighted by Gasteiger charge is -2.08. The first-order valence-corrected chi connectivity index (χ1v) is 7.00. The van der Waals surface area contributed by atoms with Crippen LogP contribution >= 0.6 is 0 Å². The van der Waals surface area contributed by atoms with Crippen LogP contribution in [0.15, 0.2) is 53.9 Å². The molecule has 2 N–H and O–H groups in total. The van der Waals surface area contributed by atoms with E-state index in [2.05, 4.69) is 19.9 Å². The predicted molar refractivity (Wildman–Crippen MR) is 71.1 cm³/mol. The van der Waals surface area contributed by atoms with Crippen molar-refractivity contribution in [2.75, 3.05) is 4.72 Å². The summed E-state index contributed by atoms with van der Waals surface area (Å²) in [7, 11) is -3.66. The summed E-state index contributed by atoms with van der Waals surface area (Å²) in [6, 6.07) is 8.59. The lowest BCUT2D eigenvalue weighted by molar-refractivity contribution is 0.597. The van der Waals surface area contributed by atoms with Gasteiger partial charge in [0.05, 0.1) is 11.9 Å². The van der Waals surface area contributed by atoms with Crippen LogP contribution in [0, 0.1) is 0 Å². The Hall–Kier alpha value is -2.41. The van der Waals surface area contributed by atoms with Gasteiger partial charge >= 0.3 is 0 Å². The highest BCUT2D eigenvalue weighted by Crippen LogP contribution is 2.24. The Morgan fingerprint density at radius 1 is 1.11 bits per heavy atom. The molecule has 0 saturated carbocycles. The third-order valence-corrected chi connectivity index (χ3v) is 3.99. The number of pyridine rings is 1. The van der Waals surface area contributed by atoms with Gasteiger partial charge in [-0.25, -0.2) is 0 Å². The number of anilines is 1. The van der Waals surface area contributed by atoms with Crippen LogP contribution in [-0.2, 0) is 10.0 Å². The molecule has 0 unspecified atom stereocenters. The molecule has 1 aromatic carbocycles. The van der Waals surface area contributed by atoms with Crippen LogP contribution in [0.1, 0.15) is 0 Å². The molecule has 6 nitrogen and oxygen atoms in total. The number of aromatic amines is 1. The molecule has 0 aliphatic carbocycles. The van der Waals surface area contributed by atoms with E-state index in [0.717, 1.165) is 10.8 Å². The van der Waals surface area contributed by atoms with Gasteiger partial charge in [-0.1, -0.05) is 12.1 Å². The summed E-state index contributed by atoms with van der Waals surface area (Å²) >= 11 is 0. The monoisotopic (exact) mass is 274 g/mol. The van der Waals surface area contributed by atoms with Crippen LogP contribution in [0.25, 0.3) is 10.8 Å². The topological polar surface area (TPSA) is 87.7 Å². The number of nitrogens with zero attached hydrogens (tertiary/aromatic N) is 2. The highest BCUT2D eigenvalue weighted by atomic mass is 32.2. The van der Waals surface area contributed by atoms with Crippen molar-refractivity contribution in [1.82, 2.24) is 15.2 Å². The molecule has 96 valence electrons. The van der Waals surface area contributed by atoms with Gasteiger partial charge in [0.2, 0.25) is 0 Å². The Morgan fingerprint density at radius 2 is 2.00 bits per heavy atom. The van der Waals surface area contributed by atoms with Crippen molar-refractivity contribution in [3.8, 4) is 0 Å². The van der Waals surface area contributed by atoms with Gasteiger partial charge in [-0.3, -0.25) is 14.8 Å². The summed E-state index contributed by atoms with van der Waals surface area (Å²) < 4.78 is 26.7. The first-order chi connectivity index (χ1) is 9.17. The number of nitrogens with one attached hydrogen (secondary N) is 2. The Bertz CT molecular complexity index is 807. The fourth-order valence-corrected chi connectivity index (χ4v) is 2.79. The second-order valence-electron chi connectivity index (χ2n) is 3.93. The number of sulfonamides is 1. The zero-order valence-corrected chi connectivity index (χ0v) is 10.6. The molecule has 19 heavy (non-hydrogen) atoms. The molecule has 0 saturated heterocycles. The molecule has 0 atom stereocenters. The molecule has 0 aliphatic rings. The molecule has 3 aromatic rings. The molecule has 0 aliphatic heterocycles. The quantitative estimate of drug-likeness (QED) is 0.761. The van der Waals surface area contributed by atoms with Crippen LogP contribution < -0.4 is 4.72 Å². The number of hydrogen-bond donors (Lipinski definition) is 2. The molecular formula is C12H10N4O2S. The number of H-pyrrole nitrogens is 1. The third-order valence-electron chi connectivity index (χ3n) is 2.69. The van der Waals surface area contributed by atoms with Crippen molar-refractivity contribution >= 4 is 26.5 Å². The normalized spacial score (nSPS) is 11.6. The summed E-state index contributed by atoms with van der Waals surface area (Å²) in [4.78, 5) is 4.01. The average Bonchev–Trinajstić information content (AvgIpc) is 2.93. The van der Waals surface area contributed by atoms with E-state index in [4.69, 9.17) is 0 Å². The van der Waals surface area contributed by atoms with Crippen molar-refractivity contribution in [2.45, 2.75) is 5.03 Å². The lowest BCUT2D eigenvalue weighted by atomic mass is 10.1. The Morgan fingerprint density at radius 3 is 2.79 bits per heavy atom. The van der Waals surface area contributed by atoms with Crippen molar-refractivity contribution in [3.05, 3.63) is 48.9 Å². The van der Waals surface area contributed by atoms with Gasteiger partial charge in [0.1, 0.15) is 0 Å². The predicted octanol–water partition coefficient (Wildman–Crippen LogP) is 1.76. The Kier molecular flexibility index (Phi) is 2.68. The van der Waals surface area contributed by atoms with Crippen LogP contribution in [-0.4, -0.2) is 23.6 Å². The molecule has 3 rings (SSSR count). The molecule has 7 heteroatoms. The summed E-state index contributed by atoms with van der Waals surface area (Å²) in [5.74, 6) is 0. The lowest BCUT2D eigenvalue weighted by Crippen LogP contribution is -2.13. The maximum absolute atomic E-state index is 12.1. The standard InChI is InChI=1S/C12H10N4O2S/c17-19(18,12-5-7-14-15-12)16-11-3-1-2-9-4-6-13-8-10(9)11/h1-8,16H,(H,14,15). The Balaban J connectivity index is 2.07. The summed E-state index contributed by atoms with van der Waals surface area (Å²) in [6.07, 6.45) is 4.68. The number of hydrogen-bond acceptors (Lipinski definition) is 4. The third kappa shape index (κ3) is 2.15. The number of aromatic nitrogens is 3. The molecule has 2 heterocycles. The maximum atomic E-state index is 12.1. The second-order valence-corrected chi connectivity index (χ2v) is 5.58. The number of rotatable bonds is 3. The van der Waals surface area contributed by atoms with Gasteiger partial charge < -0.3 is 0 Å². The molecule has 0 fully saturated rings. The van der Waals surface area contributed by atoms with Gasteiger partial charge in [-0.2, -0.15) is 13.5 Å². The van der Waals surface area contributed by atoms with E-state index in [0.29, 0.717) is 5.69 Å². The minimum absolute atomic E-state index is 0.0217. The summed E-state index contributed by atoms with van der Waals surface area (Å²) in [5, 5.41) is 7.75. The van der Waals surface area contributed by atoms with Gasteiger partial charge in [0, 0.05) is 17.8 Å².